The van der Waals surface area contributed by atoms with Gasteiger partial charge in [-0.2, -0.15) is 0 Å². The summed E-state index contributed by atoms with van der Waals surface area (Å²) in [7, 11) is 0. The molecule has 0 saturated carbocycles. The van der Waals surface area contributed by atoms with Crippen molar-refractivity contribution in [2.75, 3.05) is 56.9 Å². The maximum absolute atomic E-state index is 13.0. The molecule has 3 aromatic rings. The zero-order chi connectivity index (χ0) is 35.0. The van der Waals surface area contributed by atoms with Crippen LogP contribution in [-0.2, 0) is 9.59 Å². The predicted octanol–water partition coefficient (Wildman–Crippen LogP) is 0.999. The zero-order valence-electron chi connectivity index (χ0n) is 27.0. The molecule has 0 spiro atoms. The van der Waals surface area contributed by atoms with Gasteiger partial charge in [-0.1, -0.05) is 12.1 Å². The summed E-state index contributed by atoms with van der Waals surface area (Å²) in [6.45, 7) is 4.80. The molecule has 15 heteroatoms. The summed E-state index contributed by atoms with van der Waals surface area (Å²) in [5.41, 5.74) is 4.79. The number of nitrogens with one attached hydrogen (secondary N) is 1. The van der Waals surface area contributed by atoms with Gasteiger partial charge in [0, 0.05) is 64.2 Å². The maximum Gasteiger partial charge on any atom is 0.272 e. The van der Waals surface area contributed by atoms with Gasteiger partial charge in [0.1, 0.15) is 5.69 Å². The van der Waals surface area contributed by atoms with E-state index in [1.165, 1.54) is 12.1 Å². The van der Waals surface area contributed by atoms with Crippen LogP contribution < -0.4 is 26.6 Å². The Bertz CT molecular complexity index is 1890. The van der Waals surface area contributed by atoms with Gasteiger partial charge in [0.25, 0.3) is 22.7 Å². The highest BCUT2D eigenvalue weighted by molar-refractivity contribution is 6.00. The average Bonchev–Trinajstić information content (AvgIpc) is 3.68. The summed E-state index contributed by atoms with van der Waals surface area (Å²) in [4.78, 5) is 79.3. The Kier molecular flexibility index (Phi) is 9.17. The summed E-state index contributed by atoms with van der Waals surface area (Å²) in [5.74, 6) is -0.826. The number of nitrogens with zero attached hydrogens (tertiary/aromatic N) is 4. The Morgan fingerprint density at radius 3 is 1.88 bits per heavy atom. The highest BCUT2D eigenvalue weighted by Crippen LogP contribution is 2.34. The Hall–Kier alpha value is -5.60. The predicted molar refractivity (Wildman–Crippen MR) is 178 cm³/mol. The van der Waals surface area contributed by atoms with Crippen molar-refractivity contribution in [1.29, 1.82) is 0 Å². The Labute approximate surface area is 281 Å². The summed E-state index contributed by atoms with van der Waals surface area (Å²) in [6, 6.07) is 9.49. The first-order valence-corrected chi connectivity index (χ1v) is 16.3. The molecule has 0 radical (unpaired) electrons. The normalized spacial score (nSPS) is 20.1. The van der Waals surface area contributed by atoms with Gasteiger partial charge in [0.2, 0.25) is 11.8 Å². The minimum atomic E-state index is -0.730. The molecule has 7 rings (SSSR count). The van der Waals surface area contributed by atoms with Crippen LogP contribution in [0, 0.1) is 0 Å². The number of piperazine rings is 2. The largest absolute Gasteiger partial charge is 0.505 e. The smallest absolute Gasteiger partial charge is 0.272 e. The fraction of sp³-hybridized carbons (Fsp3) is 0.412. The van der Waals surface area contributed by atoms with Crippen LogP contribution in [0.15, 0.2) is 46.0 Å². The van der Waals surface area contributed by atoms with Gasteiger partial charge in [0.05, 0.1) is 29.1 Å². The molecule has 4 aliphatic heterocycles. The van der Waals surface area contributed by atoms with Crippen LogP contribution in [-0.4, -0.2) is 111 Å². The average molecular weight is 675 g/mol. The van der Waals surface area contributed by atoms with E-state index < -0.39 is 10.9 Å². The molecule has 2 atom stereocenters. The monoisotopic (exact) mass is 674 g/mol. The Morgan fingerprint density at radius 1 is 0.796 bits per heavy atom. The van der Waals surface area contributed by atoms with Gasteiger partial charge in [0.15, 0.2) is 17.2 Å². The van der Waals surface area contributed by atoms with Crippen molar-refractivity contribution in [3.8, 4) is 17.2 Å². The van der Waals surface area contributed by atoms with Gasteiger partial charge < -0.3 is 45.6 Å². The molecule has 2 unspecified atom stereocenters. The number of phenolic OH excluding ortho intramolecular Hbond substituents is 2. The highest BCUT2D eigenvalue weighted by atomic mass is 16.5. The lowest BCUT2D eigenvalue weighted by Gasteiger charge is -2.37. The first-order valence-electron chi connectivity index (χ1n) is 16.3. The number of hydrogen-bond donors (Lipinski definition) is 4. The molecular formula is C34H38N6O9. The van der Waals surface area contributed by atoms with Crippen molar-refractivity contribution < 1.29 is 34.1 Å². The van der Waals surface area contributed by atoms with Crippen molar-refractivity contribution in [1.82, 2.24) is 19.6 Å². The summed E-state index contributed by atoms with van der Waals surface area (Å²) in [6.07, 6.45) is 2.59. The molecule has 0 aliphatic carbocycles. The Morgan fingerprint density at radius 2 is 1.33 bits per heavy atom. The van der Waals surface area contributed by atoms with Crippen molar-refractivity contribution >= 4 is 40.7 Å². The number of para-hydroxylation sites is 2. The number of nitrogens with two attached hydrogens (primary N) is 1. The number of carbonyl (C=O) groups excluding carboxylic acids is 4. The quantitative estimate of drug-likeness (QED) is 0.165. The molecule has 4 heterocycles. The molecule has 3 aromatic carbocycles. The number of phenols is 2. The number of hydrogen-bond acceptors (Lipinski definition) is 11. The molecule has 49 heavy (non-hydrogen) atoms. The van der Waals surface area contributed by atoms with E-state index in [1.807, 2.05) is 9.80 Å². The van der Waals surface area contributed by atoms with E-state index in [9.17, 15) is 39.0 Å². The van der Waals surface area contributed by atoms with Crippen molar-refractivity contribution in [2.24, 2.45) is 0 Å². The standard InChI is InChI=1S/C20H21N3O6.C14H17N3O3/c1-2-29-19-15(17(26)18(19)27)21-13-5-3-4-12(16(13)25)20(28)22-8-9-23-11(10-22)6-7-14(23)24;15-11-3-1-2-10(13(11)19)14(20)16-6-7-17-9(8-16)4-5-12(17)18/h3-5,11,21,25H,2,6-10H2,1H3;1-3,9,19H,4-8,15H2. The number of amides is 4. The summed E-state index contributed by atoms with van der Waals surface area (Å²) in [5, 5.41) is 23.2. The lowest BCUT2D eigenvalue weighted by atomic mass is 10.1. The lowest BCUT2D eigenvalue weighted by Crippen LogP contribution is -2.53. The van der Waals surface area contributed by atoms with E-state index in [1.54, 1.807) is 41.0 Å². The zero-order valence-corrected chi connectivity index (χ0v) is 27.0. The molecule has 0 aromatic heterocycles. The fourth-order valence-corrected chi connectivity index (χ4v) is 6.89. The third-order valence-electron chi connectivity index (χ3n) is 9.54. The van der Waals surface area contributed by atoms with Gasteiger partial charge in [-0.25, -0.2) is 0 Å². The molecule has 4 amide bonds. The van der Waals surface area contributed by atoms with E-state index >= 15 is 0 Å². The number of anilines is 3. The first kappa shape index (κ1) is 33.3. The fourth-order valence-electron chi connectivity index (χ4n) is 6.89. The molecule has 15 nitrogen and oxygen atoms in total. The third-order valence-corrected chi connectivity index (χ3v) is 9.54. The maximum atomic E-state index is 13.0. The van der Waals surface area contributed by atoms with E-state index in [2.05, 4.69) is 5.32 Å². The molecule has 0 bridgehead atoms. The van der Waals surface area contributed by atoms with E-state index in [-0.39, 0.29) is 87.8 Å². The molecule has 4 aliphatic rings. The van der Waals surface area contributed by atoms with Gasteiger partial charge in [-0.05, 0) is 44.0 Å². The second kappa shape index (κ2) is 13.5. The molecule has 258 valence electrons. The molecule has 5 N–H and O–H groups in total. The SMILES string of the molecule is CCOc1c(Nc2cccc(C(=O)N3CCN4C(=O)CCC4C3)c2O)c(=O)c1=O.Nc1cccc(C(=O)N2CCN3C(=O)CCC3C2)c1O. The van der Waals surface area contributed by atoms with Crippen LogP contribution in [0.2, 0.25) is 0 Å². The van der Waals surface area contributed by atoms with Crippen LogP contribution >= 0.6 is 0 Å². The second-order valence-corrected chi connectivity index (χ2v) is 12.4. The molecular weight excluding hydrogens is 636 g/mol. The number of ether oxygens (including phenoxy) is 1. The topological polar surface area (TPSA) is 203 Å². The van der Waals surface area contributed by atoms with Gasteiger partial charge >= 0.3 is 0 Å². The van der Waals surface area contributed by atoms with E-state index in [4.69, 9.17) is 10.5 Å². The number of carbonyl (C=O) groups is 4. The van der Waals surface area contributed by atoms with Crippen LogP contribution in [0.3, 0.4) is 0 Å². The minimum absolute atomic E-state index is 0.0150. The lowest BCUT2D eigenvalue weighted by molar-refractivity contribution is -0.131. The number of aromatic hydroxyl groups is 2. The number of nitrogen functional groups attached to an aromatic ring is 1. The van der Waals surface area contributed by atoms with Crippen LogP contribution in [0.4, 0.5) is 17.1 Å². The van der Waals surface area contributed by atoms with Crippen molar-refractivity contribution in [2.45, 2.75) is 44.7 Å². The summed E-state index contributed by atoms with van der Waals surface area (Å²) >= 11 is 0. The molecule has 4 fully saturated rings. The molecule has 4 saturated heterocycles. The van der Waals surface area contributed by atoms with E-state index in [0.29, 0.717) is 52.1 Å². The van der Waals surface area contributed by atoms with Crippen LogP contribution in [0.5, 0.6) is 17.2 Å². The van der Waals surface area contributed by atoms with Crippen LogP contribution in [0.25, 0.3) is 0 Å². The van der Waals surface area contributed by atoms with E-state index in [0.717, 1.165) is 12.8 Å². The van der Waals surface area contributed by atoms with Crippen molar-refractivity contribution in [3.05, 3.63) is 68.0 Å². The second-order valence-electron chi connectivity index (χ2n) is 12.4. The first-order chi connectivity index (χ1) is 23.5. The van der Waals surface area contributed by atoms with Crippen LogP contribution in [0.1, 0.15) is 53.3 Å². The number of rotatable bonds is 6. The minimum Gasteiger partial charge on any atom is -0.505 e. The third kappa shape index (κ3) is 6.23. The van der Waals surface area contributed by atoms with Gasteiger partial charge in [-0.3, -0.25) is 28.8 Å². The Balaban J connectivity index is 0.000000182. The number of fused-ring (bicyclic) bond motifs is 2. The van der Waals surface area contributed by atoms with Crippen molar-refractivity contribution in [3.63, 3.8) is 0 Å². The van der Waals surface area contributed by atoms with Gasteiger partial charge in [-0.15, -0.1) is 0 Å². The summed E-state index contributed by atoms with van der Waals surface area (Å²) < 4.78 is 5.16. The number of benzene rings is 2. The highest BCUT2D eigenvalue weighted by Gasteiger charge is 2.39.